The summed E-state index contributed by atoms with van der Waals surface area (Å²) in [6, 6.07) is 0. The third-order valence-corrected chi connectivity index (χ3v) is 2.99. The summed E-state index contributed by atoms with van der Waals surface area (Å²) in [6.45, 7) is 6.17. The number of nitrogens with one attached hydrogen (secondary N) is 1. The second-order valence-electron chi connectivity index (χ2n) is 4.53. The van der Waals surface area contributed by atoms with E-state index in [0.717, 1.165) is 36.2 Å². The van der Waals surface area contributed by atoms with Crippen molar-refractivity contribution in [2.45, 2.75) is 26.7 Å². The molecule has 4 nitrogen and oxygen atoms in total. The zero-order chi connectivity index (χ0) is 11.5. The Morgan fingerprint density at radius 3 is 2.81 bits per heavy atom. The van der Waals surface area contributed by atoms with Crippen LogP contribution in [0, 0.1) is 12.8 Å². The van der Waals surface area contributed by atoms with Gasteiger partial charge in [0, 0.05) is 25.7 Å². The number of nitrogens with zero attached hydrogens (tertiary/aromatic N) is 3. The molecule has 0 spiro atoms. The largest absolute Gasteiger partial charge is 0.370 e. The average Bonchev–Trinajstić information content (AvgIpc) is 3.05. The van der Waals surface area contributed by atoms with Crippen molar-refractivity contribution in [3.05, 3.63) is 11.9 Å². The van der Waals surface area contributed by atoms with Gasteiger partial charge in [-0.05, 0) is 32.6 Å². The molecule has 0 atom stereocenters. The maximum atomic E-state index is 4.38. The quantitative estimate of drug-likeness (QED) is 0.824. The van der Waals surface area contributed by atoms with Gasteiger partial charge in [0.2, 0.25) is 0 Å². The third-order valence-electron chi connectivity index (χ3n) is 2.99. The number of hydrogen-bond donors (Lipinski definition) is 1. The van der Waals surface area contributed by atoms with E-state index in [0.29, 0.717) is 0 Å². The molecule has 0 radical (unpaired) electrons. The van der Waals surface area contributed by atoms with Gasteiger partial charge in [-0.2, -0.15) is 0 Å². The highest BCUT2D eigenvalue weighted by molar-refractivity contribution is 5.57. The van der Waals surface area contributed by atoms with Gasteiger partial charge in [0.1, 0.15) is 18.0 Å². The van der Waals surface area contributed by atoms with Crippen molar-refractivity contribution in [1.29, 1.82) is 0 Å². The molecule has 0 unspecified atom stereocenters. The molecular formula is C12H20N4. The first-order chi connectivity index (χ1) is 7.72. The molecule has 1 aliphatic rings. The fourth-order valence-electron chi connectivity index (χ4n) is 1.95. The van der Waals surface area contributed by atoms with Crippen molar-refractivity contribution in [3.63, 3.8) is 0 Å². The van der Waals surface area contributed by atoms with Crippen LogP contribution in [0.15, 0.2) is 6.33 Å². The van der Waals surface area contributed by atoms with Crippen LogP contribution >= 0.6 is 0 Å². The zero-order valence-corrected chi connectivity index (χ0v) is 10.3. The Hall–Kier alpha value is -1.32. The van der Waals surface area contributed by atoms with Gasteiger partial charge >= 0.3 is 0 Å². The first-order valence-electron chi connectivity index (χ1n) is 5.99. The number of anilines is 2. The first-order valence-corrected chi connectivity index (χ1v) is 5.99. The third kappa shape index (κ3) is 2.43. The van der Waals surface area contributed by atoms with Crippen molar-refractivity contribution in [3.8, 4) is 0 Å². The van der Waals surface area contributed by atoms with Crippen molar-refractivity contribution < 1.29 is 0 Å². The molecule has 16 heavy (non-hydrogen) atoms. The maximum Gasteiger partial charge on any atom is 0.136 e. The Morgan fingerprint density at radius 2 is 2.19 bits per heavy atom. The molecule has 0 aromatic carbocycles. The molecule has 1 aromatic rings. The molecule has 1 N–H and O–H groups in total. The molecule has 0 saturated heterocycles. The molecule has 1 heterocycles. The normalized spacial score (nSPS) is 14.9. The lowest BCUT2D eigenvalue weighted by molar-refractivity contribution is 0.772. The van der Waals surface area contributed by atoms with Crippen LogP contribution in [-0.4, -0.2) is 30.1 Å². The Labute approximate surface area is 97.1 Å². The zero-order valence-electron chi connectivity index (χ0n) is 10.3. The van der Waals surface area contributed by atoms with E-state index in [-0.39, 0.29) is 0 Å². The monoisotopic (exact) mass is 220 g/mol. The molecule has 88 valence electrons. The standard InChI is InChI=1S/C12H20N4/c1-4-13-11-9(2)12(15-8-14-11)16(3)7-10-5-6-10/h8,10H,4-7H2,1-3H3,(H,13,14,15). The van der Waals surface area contributed by atoms with Gasteiger partial charge in [-0.15, -0.1) is 0 Å². The van der Waals surface area contributed by atoms with Crippen LogP contribution in [0.5, 0.6) is 0 Å². The fraction of sp³-hybridized carbons (Fsp3) is 0.667. The highest BCUT2D eigenvalue weighted by atomic mass is 15.2. The summed E-state index contributed by atoms with van der Waals surface area (Å²) in [5, 5.41) is 3.26. The Balaban J connectivity index is 2.14. The molecule has 1 saturated carbocycles. The second kappa shape index (κ2) is 4.68. The summed E-state index contributed by atoms with van der Waals surface area (Å²) in [5.74, 6) is 2.88. The highest BCUT2D eigenvalue weighted by Crippen LogP contribution is 2.31. The predicted octanol–water partition coefficient (Wildman–Crippen LogP) is 2.06. The number of rotatable bonds is 5. The highest BCUT2D eigenvalue weighted by Gasteiger charge is 2.24. The summed E-state index contributed by atoms with van der Waals surface area (Å²) >= 11 is 0. The topological polar surface area (TPSA) is 41.1 Å². The van der Waals surface area contributed by atoms with Crippen molar-refractivity contribution in [1.82, 2.24) is 9.97 Å². The van der Waals surface area contributed by atoms with Crippen LogP contribution in [-0.2, 0) is 0 Å². The maximum absolute atomic E-state index is 4.38. The van der Waals surface area contributed by atoms with Gasteiger partial charge in [0.25, 0.3) is 0 Å². The average molecular weight is 220 g/mol. The fourth-order valence-corrected chi connectivity index (χ4v) is 1.95. The molecule has 1 aromatic heterocycles. The van der Waals surface area contributed by atoms with Crippen molar-refractivity contribution in [2.24, 2.45) is 5.92 Å². The van der Waals surface area contributed by atoms with Crippen LogP contribution in [0.1, 0.15) is 25.3 Å². The summed E-state index contributed by atoms with van der Waals surface area (Å²) in [6.07, 6.45) is 4.38. The van der Waals surface area contributed by atoms with E-state index in [2.05, 4.69) is 41.1 Å². The lowest BCUT2D eigenvalue weighted by Crippen LogP contribution is -2.22. The van der Waals surface area contributed by atoms with Gasteiger partial charge < -0.3 is 10.2 Å². The van der Waals surface area contributed by atoms with Gasteiger partial charge in [0.15, 0.2) is 0 Å². The summed E-state index contributed by atoms with van der Waals surface area (Å²) in [7, 11) is 2.11. The van der Waals surface area contributed by atoms with Crippen molar-refractivity contribution >= 4 is 11.6 Å². The van der Waals surface area contributed by atoms with Crippen LogP contribution in [0.3, 0.4) is 0 Å². The lowest BCUT2D eigenvalue weighted by atomic mass is 10.2. The van der Waals surface area contributed by atoms with Gasteiger partial charge in [-0.1, -0.05) is 0 Å². The van der Waals surface area contributed by atoms with E-state index in [4.69, 9.17) is 0 Å². The Bertz CT molecular complexity index is 360. The minimum atomic E-state index is 0.877. The first kappa shape index (κ1) is 11.2. The molecule has 2 rings (SSSR count). The molecule has 1 aliphatic carbocycles. The number of hydrogen-bond acceptors (Lipinski definition) is 4. The molecule has 0 amide bonds. The molecule has 1 fully saturated rings. The van der Waals surface area contributed by atoms with E-state index in [1.54, 1.807) is 6.33 Å². The number of aromatic nitrogens is 2. The Kier molecular flexibility index (Phi) is 3.27. The van der Waals surface area contributed by atoms with E-state index in [9.17, 15) is 0 Å². The van der Waals surface area contributed by atoms with Crippen LogP contribution in [0.2, 0.25) is 0 Å². The molecular weight excluding hydrogens is 200 g/mol. The van der Waals surface area contributed by atoms with E-state index in [1.807, 2.05) is 0 Å². The minimum absolute atomic E-state index is 0.877. The van der Waals surface area contributed by atoms with Gasteiger partial charge in [0.05, 0.1) is 0 Å². The summed E-state index contributed by atoms with van der Waals surface area (Å²) in [4.78, 5) is 10.9. The van der Waals surface area contributed by atoms with Crippen LogP contribution in [0.4, 0.5) is 11.6 Å². The Morgan fingerprint density at radius 1 is 1.44 bits per heavy atom. The van der Waals surface area contributed by atoms with Crippen molar-refractivity contribution in [2.75, 3.05) is 30.4 Å². The van der Waals surface area contributed by atoms with Gasteiger partial charge in [-0.25, -0.2) is 9.97 Å². The SMILES string of the molecule is CCNc1ncnc(N(C)CC2CC2)c1C. The molecule has 0 aliphatic heterocycles. The lowest BCUT2D eigenvalue weighted by Gasteiger charge is -2.20. The smallest absolute Gasteiger partial charge is 0.136 e. The van der Waals surface area contributed by atoms with E-state index < -0.39 is 0 Å². The van der Waals surface area contributed by atoms with Crippen LogP contribution < -0.4 is 10.2 Å². The second-order valence-corrected chi connectivity index (χ2v) is 4.53. The van der Waals surface area contributed by atoms with E-state index in [1.165, 1.54) is 12.8 Å². The van der Waals surface area contributed by atoms with E-state index >= 15 is 0 Å². The summed E-state index contributed by atoms with van der Waals surface area (Å²) < 4.78 is 0. The minimum Gasteiger partial charge on any atom is -0.370 e. The molecule has 0 bridgehead atoms. The van der Waals surface area contributed by atoms with Crippen LogP contribution in [0.25, 0.3) is 0 Å². The molecule has 4 heteroatoms. The van der Waals surface area contributed by atoms with Gasteiger partial charge in [-0.3, -0.25) is 0 Å². The summed E-state index contributed by atoms with van der Waals surface area (Å²) in [5.41, 5.74) is 1.15. The predicted molar refractivity (Wildman–Crippen MR) is 66.9 cm³/mol.